The van der Waals surface area contributed by atoms with Crippen LogP contribution >= 0.6 is 11.6 Å². The maximum Gasteiger partial charge on any atom is 0.319 e. The molecule has 412 valence electrons. The summed E-state index contributed by atoms with van der Waals surface area (Å²) in [6, 6.07) is 20.9. The minimum absolute atomic E-state index is 0.00189. The molecule has 5 heterocycles. The van der Waals surface area contributed by atoms with E-state index in [0.717, 1.165) is 16.8 Å². The number of urea groups is 1. The van der Waals surface area contributed by atoms with Gasteiger partial charge in [-0.3, -0.25) is 29.1 Å². The number of piperidine rings is 1. The molecule has 1 atom stereocenters. The third-order valence-electron chi connectivity index (χ3n) is 13.7. The first-order valence-electron chi connectivity index (χ1n) is 25.5. The van der Waals surface area contributed by atoms with E-state index in [2.05, 4.69) is 47.1 Å². The smallest absolute Gasteiger partial charge is 0.319 e. The van der Waals surface area contributed by atoms with Crippen LogP contribution in [0.5, 0.6) is 11.5 Å². The van der Waals surface area contributed by atoms with Crippen molar-refractivity contribution in [2.24, 2.45) is 13.0 Å². The number of methoxy groups -OCH3 is 1. The van der Waals surface area contributed by atoms with Gasteiger partial charge in [-0.25, -0.2) is 9.78 Å². The molecule has 1 fully saturated rings. The Morgan fingerprint density at radius 1 is 0.923 bits per heavy atom. The molecule has 0 bridgehead atoms. The van der Waals surface area contributed by atoms with Crippen LogP contribution in [0.3, 0.4) is 0 Å². The number of halogens is 1. The Morgan fingerprint density at radius 2 is 1.67 bits per heavy atom. The van der Waals surface area contributed by atoms with E-state index < -0.39 is 17.0 Å². The zero-order chi connectivity index (χ0) is 55.7. The van der Waals surface area contributed by atoms with Crippen molar-refractivity contribution in [2.75, 3.05) is 95.1 Å². The summed E-state index contributed by atoms with van der Waals surface area (Å²) in [7, 11) is 8.48. The maximum absolute atomic E-state index is 13.8. The highest BCUT2D eigenvalue weighted by Gasteiger charge is 2.44. The van der Waals surface area contributed by atoms with Crippen molar-refractivity contribution in [1.29, 1.82) is 0 Å². The number of aromatic nitrogens is 5. The number of pyridine rings is 1. The number of amides is 6. The van der Waals surface area contributed by atoms with Gasteiger partial charge in [0, 0.05) is 80.1 Å². The Balaban J connectivity index is 0.741. The van der Waals surface area contributed by atoms with Gasteiger partial charge in [0.05, 0.1) is 62.3 Å². The molecule has 1 saturated heterocycles. The van der Waals surface area contributed by atoms with Crippen molar-refractivity contribution >= 4 is 81.1 Å². The summed E-state index contributed by atoms with van der Waals surface area (Å²) in [5.74, 6) is 0.137. The normalized spacial score (nSPS) is 14.4. The summed E-state index contributed by atoms with van der Waals surface area (Å²) in [6.45, 7) is 6.08. The molecule has 2 aliphatic heterocycles. The molecule has 0 saturated carbocycles. The average molecular weight is 1090 g/mol. The lowest BCUT2D eigenvalue weighted by atomic mass is 9.96. The number of ether oxygens (including phenoxy) is 3. The largest absolute Gasteiger partial charge is 0.494 e. The van der Waals surface area contributed by atoms with E-state index in [4.69, 9.17) is 30.8 Å². The van der Waals surface area contributed by atoms with E-state index in [-0.39, 0.29) is 85.8 Å². The van der Waals surface area contributed by atoms with E-state index in [9.17, 15) is 28.8 Å². The highest BCUT2D eigenvalue weighted by molar-refractivity contribution is 6.33. The Hall–Kier alpha value is -8.28. The monoisotopic (exact) mass is 1090 g/mol. The van der Waals surface area contributed by atoms with Gasteiger partial charge < -0.3 is 65.4 Å². The molecule has 23 nitrogen and oxygen atoms in total. The number of rotatable bonds is 21. The lowest BCUT2D eigenvalue weighted by molar-refractivity contribution is -0.126. The first kappa shape index (κ1) is 55.9. The summed E-state index contributed by atoms with van der Waals surface area (Å²) in [5, 5.41) is 25.8. The minimum Gasteiger partial charge on any atom is -0.494 e. The Labute approximate surface area is 455 Å². The lowest BCUT2D eigenvalue weighted by Crippen LogP contribution is -2.48. The molecule has 3 aromatic carbocycles. The molecule has 0 spiro atoms. The highest BCUT2D eigenvalue weighted by atomic mass is 35.5. The van der Waals surface area contributed by atoms with Gasteiger partial charge in [0.1, 0.15) is 10.8 Å². The summed E-state index contributed by atoms with van der Waals surface area (Å²) < 4.78 is 18.2. The van der Waals surface area contributed by atoms with Crippen LogP contribution in [0.15, 0.2) is 83.8 Å². The molecule has 3 aromatic heterocycles. The number of anilines is 5. The topological polar surface area (TPSA) is 271 Å². The van der Waals surface area contributed by atoms with E-state index >= 15 is 0 Å². The molecular weight excluding hydrogens is 1020 g/mol. The first-order valence-corrected chi connectivity index (χ1v) is 25.8. The number of nitrogens with one attached hydrogen (secondary N) is 7. The number of aryl methyl sites for hydroxylation is 1. The third-order valence-corrected chi connectivity index (χ3v) is 14.0. The second kappa shape index (κ2) is 24.8. The van der Waals surface area contributed by atoms with E-state index in [1.165, 1.54) is 24.9 Å². The standard InChI is InChI=1S/C54H65ClN14O9/c1-54(2)46-38(29-69(54)53(75)61-40(30-66(4)5)32-11-9-8-10-12-32)47(65-64-46)62-50(73)33-13-15-36(16-14-33)59-43(70)19-23-77-24-20-57-49(72)34-17-21-68(22-18-34)52-58-28-39(55)48(63-52)60-37-25-35-26-42(78-31-44(71)56-3)51(74)67(6)45(35)41(27-37)76-7/h8-16,25-28,34,40H,17-24,29-31H2,1-7H3,(H,56,71)(H,57,72)(H,59,70)(H,61,75)(H,58,60,63)(H2,62,64,65,73)/t40-/m1/s1. The molecule has 6 aromatic rings. The zero-order valence-electron chi connectivity index (χ0n) is 44.6. The molecule has 8 rings (SSSR count). The van der Waals surface area contributed by atoms with Crippen molar-refractivity contribution in [3.8, 4) is 11.5 Å². The van der Waals surface area contributed by atoms with Crippen molar-refractivity contribution in [3.05, 3.63) is 117 Å². The highest BCUT2D eigenvalue weighted by Crippen LogP contribution is 2.41. The van der Waals surface area contributed by atoms with E-state index in [1.54, 1.807) is 54.4 Å². The van der Waals surface area contributed by atoms with Crippen LogP contribution in [0.1, 0.15) is 66.3 Å². The zero-order valence-corrected chi connectivity index (χ0v) is 45.4. The second-order valence-corrected chi connectivity index (χ2v) is 20.1. The van der Waals surface area contributed by atoms with Crippen LogP contribution in [0.2, 0.25) is 5.02 Å². The Bertz CT molecular complexity index is 3220. The first-order chi connectivity index (χ1) is 37.4. The molecule has 24 heteroatoms. The second-order valence-electron chi connectivity index (χ2n) is 19.7. The fourth-order valence-electron chi connectivity index (χ4n) is 9.41. The van der Waals surface area contributed by atoms with Gasteiger partial charge in [-0.1, -0.05) is 41.9 Å². The van der Waals surface area contributed by atoms with Crippen molar-refractivity contribution in [1.82, 2.24) is 50.5 Å². The van der Waals surface area contributed by atoms with Gasteiger partial charge in [-0.2, -0.15) is 10.1 Å². The number of carbonyl (C=O) groups is 5. The van der Waals surface area contributed by atoms with Crippen molar-refractivity contribution in [2.45, 2.75) is 51.2 Å². The van der Waals surface area contributed by atoms with E-state index in [1.807, 2.05) is 68.1 Å². The predicted molar refractivity (Wildman–Crippen MR) is 295 cm³/mol. The summed E-state index contributed by atoms with van der Waals surface area (Å²) in [6.07, 6.45) is 2.71. The van der Waals surface area contributed by atoms with Gasteiger partial charge in [-0.15, -0.1) is 0 Å². The number of fused-ring (bicyclic) bond motifs is 2. The SMILES string of the molecule is CNC(=O)COc1cc2cc(Nc3nc(N4CCC(C(=O)NCCOCCC(=O)Nc5ccc(C(=O)Nc6n[nH]c7c6CN(C(=O)N[C@H](CN(C)C)c6ccccc6)C7(C)C)cc5)CC4)ncc3Cl)cc(OC)c2n(C)c1=O. The third kappa shape index (κ3) is 13.1. The Morgan fingerprint density at radius 3 is 2.37 bits per heavy atom. The van der Waals surface area contributed by atoms with Crippen molar-refractivity contribution < 1.29 is 38.2 Å². The summed E-state index contributed by atoms with van der Waals surface area (Å²) >= 11 is 6.56. The molecule has 2 aliphatic rings. The fraction of sp³-hybridized carbons (Fsp3) is 0.389. The number of aromatic amines is 1. The number of hydrogen-bond donors (Lipinski definition) is 7. The lowest BCUT2D eigenvalue weighted by Gasteiger charge is -2.34. The summed E-state index contributed by atoms with van der Waals surface area (Å²) in [4.78, 5) is 92.7. The molecule has 78 heavy (non-hydrogen) atoms. The molecule has 7 N–H and O–H groups in total. The van der Waals surface area contributed by atoms with E-state index in [0.29, 0.717) is 83.7 Å². The maximum atomic E-state index is 13.8. The molecule has 6 amide bonds. The summed E-state index contributed by atoms with van der Waals surface area (Å²) in [5.41, 5.74) is 3.22. The van der Waals surface area contributed by atoms with Gasteiger partial charge in [0.15, 0.2) is 24.0 Å². The molecule has 0 aliphatic carbocycles. The quantitative estimate of drug-likeness (QED) is 0.0452. The molecule has 0 radical (unpaired) electrons. The van der Waals surface area contributed by atoms with Crippen LogP contribution in [-0.4, -0.2) is 138 Å². The van der Waals surface area contributed by atoms with Crippen LogP contribution in [0.4, 0.5) is 33.8 Å². The predicted octanol–water partition coefficient (Wildman–Crippen LogP) is 5.28. The number of nitrogens with zero attached hydrogens (tertiary/aromatic N) is 7. The number of H-pyrrole nitrogens is 1. The fourth-order valence-corrected chi connectivity index (χ4v) is 9.55. The van der Waals surface area contributed by atoms with Crippen LogP contribution in [0.25, 0.3) is 10.9 Å². The van der Waals surface area contributed by atoms with Gasteiger partial charge in [0.2, 0.25) is 17.8 Å². The number of benzene rings is 3. The van der Waals surface area contributed by atoms with Crippen LogP contribution in [-0.2, 0) is 38.3 Å². The van der Waals surface area contributed by atoms with Gasteiger partial charge >= 0.3 is 6.03 Å². The molecule has 0 unspecified atom stereocenters. The van der Waals surface area contributed by atoms with Crippen LogP contribution in [0, 0.1) is 5.92 Å². The van der Waals surface area contributed by atoms with Gasteiger partial charge in [-0.05, 0) is 82.7 Å². The Kier molecular flexibility index (Phi) is 17.8. The van der Waals surface area contributed by atoms with Gasteiger partial charge in [0.25, 0.3) is 17.4 Å². The average Bonchev–Trinajstić information content (AvgIpc) is 4.04. The number of hydrogen-bond acceptors (Lipinski definition) is 15. The number of carbonyl (C=O) groups excluding carboxylic acids is 5. The van der Waals surface area contributed by atoms with Crippen molar-refractivity contribution in [3.63, 3.8) is 0 Å². The van der Waals surface area contributed by atoms with Crippen LogP contribution < -0.4 is 51.8 Å². The molecular formula is C54H65ClN14O9. The minimum atomic E-state index is -0.729. The number of likely N-dealkylation sites (N-methyl/N-ethyl adjacent to an activating group) is 2.